The van der Waals surface area contributed by atoms with Crippen molar-refractivity contribution in [3.63, 3.8) is 0 Å². The molecule has 0 radical (unpaired) electrons. The second-order valence-corrected chi connectivity index (χ2v) is 5.13. The fraction of sp³-hybridized carbons (Fsp3) is 0.467. The topological polar surface area (TPSA) is 79.5 Å². The summed E-state index contributed by atoms with van der Waals surface area (Å²) in [5.41, 5.74) is 1.19. The van der Waals surface area contributed by atoms with Crippen LogP contribution in [0.3, 0.4) is 0 Å². The molecule has 1 saturated heterocycles. The summed E-state index contributed by atoms with van der Waals surface area (Å²) in [5, 5.41) is 8.80. The number of hydrogen-bond donors (Lipinski definition) is 3. The van der Waals surface area contributed by atoms with Crippen molar-refractivity contribution in [1.82, 2.24) is 5.32 Å². The Hall–Kier alpha value is -1.79. The molecule has 1 aromatic rings. The molecule has 0 aromatic heterocycles. The van der Waals surface area contributed by atoms with Gasteiger partial charge in [0.1, 0.15) is 5.75 Å². The molecule has 6 nitrogen and oxygen atoms in total. The third-order valence-electron chi connectivity index (χ3n) is 3.45. The van der Waals surface area contributed by atoms with Gasteiger partial charge in [0.2, 0.25) is 11.8 Å². The van der Waals surface area contributed by atoms with Crippen LogP contribution in [0.4, 0.5) is 11.4 Å². The van der Waals surface area contributed by atoms with Crippen LogP contribution in [0.1, 0.15) is 19.8 Å². The second kappa shape index (κ2) is 8.60. The van der Waals surface area contributed by atoms with Crippen LogP contribution in [0.15, 0.2) is 18.2 Å². The van der Waals surface area contributed by atoms with Crippen LogP contribution in [0.2, 0.25) is 0 Å². The van der Waals surface area contributed by atoms with Gasteiger partial charge in [-0.2, -0.15) is 0 Å². The van der Waals surface area contributed by atoms with Gasteiger partial charge < -0.3 is 20.7 Å². The molecule has 122 valence electrons. The summed E-state index contributed by atoms with van der Waals surface area (Å²) in [6, 6.07) is 5.19. The number of carbonyl (C=O) groups excluding carboxylic acids is 2. The van der Waals surface area contributed by atoms with E-state index in [-0.39, 0.29) is 30.1 Å². The first-order chi connectivity index (χ1) is 10.1. The Morgan fingerprint density at radius 1 is 1.32 bits per heavy atom. The van der Waals surface area contributed by atoms with E-state index in [0.717, 1.165) is 19.4 Å². The van der Waals surface area contributed by atoms with E-state index < -0.39 is 0 Å². The van der Waals surface area contributed by atoms with Crippen LogP contribution in [0.25, 0.3) is 0 Å². The maximum atomic E-state index is 12.2. The lowest BCUT2D eigenvalue weighted by atomic mass is 9.99. The van der Waals surface area contributed by atoms with Gasteiger partial charge in [0.05, 0.1) is 18.7 Å². The van der Waals surface area contributed by atoms with Crippen LogP contribution in [0, 0.1) is 5.92 Å². The quantitative estimate of drug-likeness (QED) is 0.790. The zero-order chi connectivity index (χ0) is 15.2. The number of hydrogen-bond acceptors (Lipinski definition) is 4. The third kappa shape index (κ3) is 4.89. The molecule has 0 saturated carbocycles. The van der Waals surface area contributed by atoms with E-state index in [4.69, 9.17) is 4.74 Å². The molecule has 0 bridgehead atoms. The average Bonchev–Trinajstić information content (AvgIpc) is 2.48. The molecule has 1 aliphatic rings. The first kappa shape index (κ1) is 18.3. The maximum absolute atomic E-state index is 12.2. The largest absolute Gasteiger partial charge is 0.495 e. The summed E-state index contributed by atoms with van der Waals surface area (Å²) >= 11 is 0. The van der Waals surface area contributed by atoms with Crippen LogP contribution < -0.4 is 20.7 Å². The van der Waals surface area contributed by atoms with Crippen LogP contribution in [0.5, 0.6) is 5.75 Å². The number of halogens is 1. The number of methoxy groups -OCH3 is 1. The predicted octanol–water partition coefficient (Wildman–Crippen LogP) is 2.01. The van der Waals surface area contributed by atoms with E-state index in [1.807, 2.05) is 0 Å². The molecule has 2 amide bonds. The van der Waals surface area contributed by atoms with Crippen LogP contribution in [-0.4, -0.2) is 32.0 Å². The molecule has 0 aliphatic carbocycles. The summed E-state index contributed by atoms with van der Waals surface area (Å²) in [4.78, 5) is 23.4. The van der Waals surface area contributed by atoms with Crippen molar-refractivity contribution in [3.8, 4) is 5.75 Å². The van der Waals surface area contributed by atoms with E-state index in [9.17, 15) is 9.59 Å². The molecule has 22 heavy (non-hydrogen) atoms. The highest BCUT2D eigenvalue weighted by Gasteiger charge is 2.21. The zero-order valence-corrected chi connectivity index (χ0v) is 13.6. The number of benzene rings is 1. The van der Waals surface area contributed by atoms with Crippen molar-refractivity contribution in [2.24, 2.45) is 5.92 Å². The van der Waals surface area contributed by atoms with Gasteiger partial charge in [0.25, 0.3) is 0 Å². The number of rotatable bonds is 4. The Kier molecular flexibility index (Phi) is 7.14. The van der Waals surface area contributed by atoms with Gasteiger partial charge in [-0.15, -0.1) is 12.4 Å². The lowest BCUT2D eigenvalue weighted by molar-refractivity contribution is -0.120. The maximum Gasteiger partial charge on any atom is 0.228 e. The third-order valence-corrected chi connectivity index (χ3v) is 3.45. The highest BCUT2D eigenvalue weighted by atomic mass is 35.5. The lowest BCUT2D eigenvalue weighted by Crippen LogP contribution is -2.37. The van der Waals surface area contributed by atoms with Crippen LogP contribution >= 0.6 is 12.4 Å². The Bertz CT molecular complexity index is 531. The molecular weight excluding hydrogens is 306 g/mol. The van der Waals surface area contributed by atoms with Gasteiger partial charge in [0.15, 0.2) is 0 Å². The smallest absolute Gasteiger partial charge is 0.228 e. The number of carbonyl (C=O) groups is 2. The summed E-state index contributed by atoms with van der Waals surface area (Å²) in [7, 11) is 1.53. The molecule has 1 atom stereocenters. The van der Waals surface area contributed by atoms with Gasteiger partial charge >= 0.3 is 0 Å². The molecule has 1 heterocycles. The Labute approximate surface area is 136 Å². The van der Waals surface area contributed by atoms with Crippen molar-refractivity contribution in [2.45, 2.75) is 19.8 Å². The summed E-state index contributed by atoms with van der Waals surface area (Å²) in [6.45, 7) is 3.11. The summed E-state index contributed by atoms with van der Waals surface area (Å²) in [6.07, 6.45) is 1.91. The molecule has 2 rings (SSSR count). The molecule has 7 heteroatoms. The molecule has 3 N–H and O–H groups in total. The van der Waals surface area contributed by atoms with Gasteiger partial charge in [-0.1, -0.05) is 0 Å². The molecule has 1 fully saturated rings. The van der Waals surface area contributed by atoms with Gasteiger partial charge in [-0.25, -0.2) is 0 Å². The standard InChI is InChI=1S/C15H21N3O3.ClH/c1-10(19)17-13-8-12(5-6-14(13)21-2)18-15(20)11-4-3-7-16-9-11;/h5-6,8,11,16H,3-4,7,9H2,1-2H3,(H,17,19)(H,18,20);1H. The summed E-state index contributed by atoms with van der Waals surface area (Å²) in [5.74, 6) is 0.363. The number of anilines is 2. The highest BCUT2D eigenvalue weighted by molar-refractivity contribution is 5.95. The predicted molar refractivity (Wildman–Crippen MR) is 88.8 cm³/mol. The van der Waals surface area contributed by atoms with Crippen molar-refractivity contribution < 1.29 is 14.3 Å². The minimum atomic E-state index is -0.187. The Morgan fingerprint density at radius 2 is 2.09 bits per heavy atom. The van der Waals surface area contributed by atoms with Gasteiger partial charge in [0, 0.05) is 19.2 Å². The average molecular weight is 328 g/mol. The van der Waals surface area contributed by atoms with E-state index in [1.54, 1.807) is 18.2 Å². The first-order valence-electron chi connectivity index (χ1n) is 7.07. The zero-order valence-electron chi connectivity index (χ0n) is 12.8. The number of nitrogens with one attached hydrogen (secondary N) is 3. The minimum absolute atomic E-state index is 0. The van der Waals surface area contributed by atoms with Crippen molar-refractivity contribution in [2.75, 3.05) is 30.8 Å². The van der Waals surface area contributed by atoms with Crippen molar-refractivity contribution in [1.29, 1.82) is 0 Å². The molecule has 1 aliphatic heterocycles. The highest BCUT2D eigenvalue weighted by Crippen LogP contribution is 2.28. The van der Waals surface area contributed by atoms with E-state index in [2.05, 4.69) is 16.0 Å². The monoisotopic (exact) mass is 327 g/mol. The van der Waals surface area contributed by atoms with Crippen molar-refractivity contribution >= 4 is 35.6 Å². The molecular formula is C15H22ClN3O3. The van der Waals surface area contributed by atoms with E-state index in [0.29, 0.717) is 23.7 Å². The summed E-state index contributed by atoms with van der Waals surface area (Å²) < 4.78 is 5.19. The van der Waals surface area contributed by atoms with Gasteiger partial charge in [-0.05, 0) is 37.6 Å². The van der Waals surface area contributed by atoms with Crippen LogP contribution in [-0.2, 0) is 9.59 Å². The molecule has 1 aromatic carbocycles. The lowest BCUT2D eigenvalue weighted by Gasteiger charge is -2.22. The number of ether oxygens (including phenoxy) is 1. The van der Waals surface area contributed by atoms with Crippen molar-refractivity contribution in [3.05, 3.63) is 18.2 Å². The number of amides is 2. The fourth-order valence-electron chi connectivity index (χ4n) is 2.39. The minimum Gasteiger partial charge on any atom is -0.495 e. The molecule has 0 spiro atoms. The van der Waals surface area contributed by atoms with E-state index >= 15 is 0 Å². The second-order valence-electron chi connectivity index (χ2n) is 5.13. The number of piperidine rings is 1. The normalized spacial score (nSPS) is 17.1. The Morgan fingerprint density at radius 3 is 2.68 bits per heavy atom. The Balaban J connectivity index is 0.00000242. The van der Waals surface area contributed by atoms with E-state index in [1.165, 1.54) is 14.0 Å². The SMILES string of the molecule is COc1ccc(NC(=O)C2CCCNC2)cc1NC(C)=O.Cl. The first-order valence-corrected chi connectivity index (χ1v) is 7.07. The van der Waals surface area contributed by atoms with Gasteiger partial charge in [-0.3, -0.25) is 9.59 Å². The molecule has 1 unspecified atom stereocenters. The fourth-order valence-corrected chi connectivity index (χ4v) is 2.39.